The summed E-state index contributed by atoms with van der Waals surface area (Å²) in [4.78, 5) is 24.4. The number of carbonyl (C=O) groups excluding carboxylic acids is 1. The van der Waals surface area contributed by atoms with Crippen LogP contribution in [0.3, 0.4) is 0 Å². The molecule has 2 aliphatic rings. The van der Waals surface area contributed by atoms with Crippen LogP contribution in [-0.2, 0) is 0 Å². The van der Waals surface area contributed by atoms with Gasteiger partial charge in [-0.25, -0.2) is 9.37 Å². The van der Waals surface area contributed by atoms with Crippen molar-refractivity contribution in [2.75, 3.05) is 55.6 Å². The maximum atomic E-state index is 13.5. The quantitative estimate of drug-likeness (QED) is 0.668. The predicted octanol–water partition coefficient (Wildman–Crippen LogP) is 3.33. The second-order valence-corrected chi connectivity index (χ2v) is 8.49. The first kappa shape index (κ1) is 21.4. The number of anilines is 2. The molecule has 3 heterocycles. The summed E-state index contributed by atoms with van der Waals surface area (Å²) in [7, 11) is 0. The van der Waals surface area contributed by atoms with Gasteiger partial charge in [-0.3, -0.25) is 4.79 Å². The van der Waals surface area contributed by atoms with Crippen LogP contribution in [0.25, 0.3) is 0 Å². The Morgan fingerprint density at radius 1 is 0.879 bits per heavy atom. The Morgan fingerprint density at radius 2 is 1.64 bits per heavy atom. The third-order valence-corrected chi connectivity index (χ3v) is 6.45. The molecular weight excluding hydrogens is 417 g/mol. The number of aromatic nitrogens is 1. The Kier molecular flexibility index (Phi) is 6.21. The summed E-state index contributed by atoms with van der Waals surface area (Å²) >= 11 is 0. The van der Waals surface area contributed by atoms with Crippen molar-refractivity contribution < 1.29 is 9.18 Å². The number of benzene rings is 2. The van der Waals surface area contributed by atoms with Gasteiger partial charge in [-0.15, -0.1) is 0 Å². The highest BCUT2D eigenvalue weighted by Crippen LogP contribution is 2.25. The zero-order chi connectivity index (χ0) is 22.6. The molecule has 2 saturated heterocycles. The lowest BCUT2D eigenvalue weighted by molar-refractivity contribution is 0.0747. The minimum absolute atomic E-state index is 0.0200. The lowest BCUT2D eigenvalue weighted by Crippen LogP contribution is -2.50. The lowest BCUT2D eigenvalue weighted by Gasteiger charge is -2.38. The number of carbonyl (C=O) groups is 1. The molecule has 1 N–H and O–H groups in total. The van der Waals surface area contributed by atoms with E-state index in [2.05, 4.69) is 44.4 Å². The highest BCUT2D eigenvalue weighted by Gasteiger charge is 2.28. The molecule has 1 atom stereocenters. The van der Waals surface area contributed by atoms with Crippen molar-refractivity contribution in [3.05, 3.63) is 89.9 Å². The summed E-state index contributed by atoms with van der Waals surface area (Å²) in [6.07, 6.45) is 1.76. The molecule has 0 radical (unpaired) electrons. The smallest absolute Gasteiger partial charge is 0.257 e. The fourth-order valence-electron chi connectivity index (χ4n) is 4.66. The van der Waals surface area contributed by atoms with Gasteiger partial charge in [-0.2, -0.15) is 0 Å². The van der Waals surface area contributed by atoms with Crippen LogP contribution in [0.2, 0.25) is 0 Å². The number of nitrogens with one attached hydrogen (secondary N) is 1. The van der Waals surface area contributed by atoms with E-state index in [-0.39, 0.29) is 17.8 Å². The Morgan fingerprint density at radius 3 is 2.39 bits per heavy atom. The normalized spacial score (nSPS) is 18.9. The lowest BCUT2D eigenvalue weighted by atomic mass is 10.0. The van der Waals surface area contributed by atoms with Gasteiger partial charge in [0.25, 0.3) is 5.91 Å². The van der Waals surface area contributed by atoms with Gasteiger partial charge >= 0.3 is 0 Å². The molecule has 0 unspecified atom stereocenters. The van der Waals surface area contributed by atoms with E-state index in [9.17, 15) is 9.18 Å². The standard InChI is InChI=1S/C26H28FN5O/c27-21-8-10-22(11-9-21)30-15-17-31(18-16-30)26(33)23-7-4-12-29-25(23)32-14-13-28-24(19-32)20-5-2-1-3-6-20/h1-12,24,28H,13-19H2/t24-/m1/s1. The van der Waals surface area contributed by atoms with Gasteiger partial charge in [0, 0.05) is 63.7 Å². The number of nitrogens with zero attached hydrogens (tertiary/aromatic N) is 4. The molecule has 2 aromatic carbocycles. The van der Waals surface area contributed by atoms with Gasteiger partial charge in [0.15, 0.2) is 0 Å². The maximum Gasteiger partial charge on any atom is 0.257 e. The van der Waals surface area contributed by atoms with Crippen LogP contribution in [0.15, 0.2) is 72.9 Å². The molecule has 6 nitrogen and oxygen atoms in total. The summed E-state index contributed by atoms with van der Waals surface area (Å²) in [5, 5.41) is 3.58. The van der Waals surface area contributed by atoms with Crippen LogP contribution in [0, 0.1) is 5.82 Å². The second kappa shape index (κ2) is 9.58. The van der Waals surface area contributed by atoms with Crippen molar-refractivity contribution in [3.8, 4) is 0 Å². The number of pyridine rings is 1. The van der Waals surface area contributed by atoms with Crippen molar-refractivity contribution in [1.82, 2.24) is 15.2 Å². The van der Waals surface area contributed by atoms with Crippen LogP contribution in [0.4, 0.5) is 15.9 Å². The third kappa shape index (κ3) is 4.68. The van der Waals surface area contributed by atoms with Gasteiger partial charge in [0.05, 0.1) is 5.56 Å². The molecule has 3 aromatic rings. The first-order valence-electron chi connectivity index (χ1n) is 11.5. The largest absolute Gasteiger partial charge is 0.368 e. The Balaban J connectivity index is 1.29. The van der Waals surface area contributed by atoms with E-state index in [1.807, 2.05) is 23.1 Å². The highest BCUT2D eigenvalue weighted by molar-refractivity contribution is 5.99. The molecule has 2 fully saturated rings. The van der Waals surface area contributed by atoms with E-state index in [0.29, 0.717) is 18.7 Å². The van der Waals surface area contributed by atoms with E-state index in [4.69, 9.17) is 0 Å². The Hall–Kier alpha value is -3.45. The molecule has 2 aliphatic heterocycles. The first-order valence-corrected chi connectivity index (χ1v) is 11.5. The number of hydrogen-bond acceptors (Lipinski definition) is 5. The van der Waals surface area contributed by atoms with Crippen molar-refractivity contribution in [2.45, 2.75) is 6.04 Å². The van der Waals surface area contributed by atoms with E-state index in [1.54, 1.807) is 18.3 Å². The number of rotatable bonds is 4. The van der Waals surface area contributed by atoms with E-state index >= 15 is 0 Å². The van der Waals surface area contributed by atoms with E-state index < -0.39 is 0 Å². The van der Waals surface area contributed by atoms with Gasteiger partial charge in [-0.05, 0) is 42.0 Å². The van der Waals surface area contributed by atoms with Crippen LogP contribution >= 0.6 is 0 Å². The molecule has 170 valence electrons. The topological polar surface area (TPSA) is 51.7 Å². The SMILES string of the molecule is O=C(c1cccnc1N1CCN[C@@H](c2ccccc2)C1)N1CCN(c2ccc(F)cc2)CC1. The second-order valence-electron chi connectivity index (χ2n) is 8.49. The Bertz CT molecular complexity index is 1080. The van der Waals surface area contributed by atoms with Crippen LogP contribution in [0.1, 0.15) is 22.0 Å². The molecule has 1 aromatic heterocycles. The number of amides is 1. The molecule has 33 heavy (non-hydrogen) atoms. The number of halogens is 1. The average molecular weight is 446 g/mol. The van der Waals surface area contributed by atoms with Crippen LogP contribution < -0.4 is 15.1 Å². The Labute approximate surface area is 193 Å². The minimum atomic E-state index is -0.237. The van der Waals surface area contributed by atoms with Gasteiger partial charge in [-0.1, -0.05) is 30.3 Å². The molecule has 0 bridgehead atoms. The van der Waals surface area contributed by atoms with Crippen LogP contribution in [0.5, 0.6) is 0 Å². The third-order valence-electron chi connectivity index (χ3n) is 6.45. The van der Waals surface area contributed by atoms with Crippen molar-refractivity contribution >= 4 is 17.4 Å². The summed E-state index contributed by atoms with van der Waals surface area (Å²) in [5.41, 5.74) is 2.88. The summed E-state index contributed by atoms with van der Waals surface area (Å²) in [6, 6.07) is 20.8. The number of piperazine rings is 2. The summed E-state index contributed by atoms with van der Waals surface area (Å²) < 4.78 is 13.2. The zero-order valence-corrected chi connectivity index (χ0v) is 18.5. The van der Waals surface area contributed by atoms with Crippen LogP contribution in [-0.4, -0.2) is 61.6 Å². The molecule has 0 aliphatic carbocycles. The molecule has 7 heteroatoms. The monoisotopic (exact) mass is 445 g/mol. The molecular formula is C26H28FN5O. The zero-order valence-electron chi connectivity index (χ0n) is 18.5. The van der Waals surface area contributed by atoms with Crippen molar-refractivity contribution in [2.24, 2.45) is 0 Å². The molecule has 5 rings (SSSR count). The predicted molar refractivity (Wildman–Crippen MR) is 128 cm³/mol. The van der Waals surface area contributed by atoms with E-state index in [0.717, 1.165) is 44.2 Å². The summed E-state index contributed by atoms with van der Waals surface area (Å²) in [5.74, 6) is 0.539. The molecule has 0 saturated carbocycles. The summed E-state index contributed by atoms with van der Waals surface area (Å²) in [6.45, 7) is 5.09. The van der Waals surface area contributed by atoms with Gasteiger partial charge in [0.1, 0.15) is 11.6 Å². The minimum Gasteiger partial charge on any atom is -0.368 e. The van der Waals surface area contributed by atoms with Gasteiger partial charge < -0.3 is 20.0 Å². The molecule has 1 amide bonds. The maximum absolute atomic E-state index is 13.5. The van der Waals surface area contributed by atoms with Crippen molar-refractivity contribution in [1.29, 1.82) is 0 Å². The highest BCUT2D eigenvalue weighted by atomic mass is 19.1. The fourth-order valence-corrected chi connectivity index (χ4v) is 4.66. The molecule has 0 spiro atoms. The first-order chi connectivity index (χ1) is 16.2. The van der Waals surface area contributed by atoms with E-state index in [1.165, 1.54) is 17.7 Å². The fraction of sp³-hybridized carbons (Fsp3) is 0.308. The number of hydrogen-bond donors (Lipinski definition) is 1. The van der Waals surface area contributed by atoms with Crippen molar-refractivity contribution in [3.63, 3.8) is 0 Å². The van der Waals surface area contributed by atoms with Gasteiger partial charge in [0.2, 0.25) is 0 Å². The average Bonchev–Trinajstić information content (AvgIpc) is 2.89.